The minimum Gasteiger partial charge on any atom is -0.454 e. The van der Waals surface area contributed by atoms with Crippen molar-refractivity contribution in [1.82, 2.24) is 4.98 Å². The quantitative estimate of drug-likeness (QED) is 0.351. The van der Waals surface area contributed by atoms with Gasteiger partial charge in [-0.2, -0.15) is 0 Å². The molecule has 3 nitrogen and oxygen atoms in total. The molecular weight excluding hydrogens is 344 g/mol. The van der Waals surface area contributed by atoms with Crippen LogP contribution in [0.4, 0.5) is 11.4 Å². The molecule has 28 heavy (non-hydrogen) atoms. The molecule has 1 aliphatic heterocycles. The highest BCUT2D eigenvalue weighted by Gasteiger charge is 2.29. The molecule has 0 spiro atoms. The second-order valence-corrected chi connectivity index (χ2v) is 10.0. The van der Waals surface area contributed by atoms with Gasteiger partial charge in [0, 0.05) is 17.3 Å². The van der Waals surface area contributed by atoms with Gasteiger partial charge < -0.3 is 10.1 Å². The van der Waals surface area contributed by atoms with Crippen LogP contribution < -0.4 is 10.1 Å². The molecule has 146 valence electrons. The third kappa shape index (κ3) is 3.03. The van der Waals surface area contributed by atoms with E-state index in [4.69, 9.17) is 9.72 Å². The molecule has 0 aliphatic carbocycles. The van der Waals surface area contributed by atoms with Crippen LogP contribution in [0.3, 0.4) is 0 Å². The van der Waals surface area contributed by atoms with E-state index in [0.29, 0.717) is 0 Å². The van der Waals surface area contributed by atoms with E-state index >= 15 is 0 Å². The average molecular weight is 375 g/mol. The number of nitrogens with zero attached hydrogens (tertiary/aromatic N) is 1. The van der Waals surface area contributed by atoms with E-state index in [2.05, 4.69) is 78.0 Å². The summed E-state index contributed by atoms with van der Waals surface area (Å²) in [6.45, 7) is 17.6. The summed E-state index contributed by atoms with van der Waals surface area (Å²) < 4.78 is 6.63. The van der Waals surface area contributed by atoms with E-state index in [1.165, 1.54) is 11.1 Å². The Hall–Kier alpha value is -2.55. The van der Waals surface area contributed by atoms with Crippen molar-refractivity contribution in [3.8, 4) is 11.5 Å². The van der Waals surface area contributed by atoms with Crippen LogP contribution in [0.5, 0.6) is 11.5 Å². The number of benzene rings is 2. The molecule has 0 amide bonds. The number of aryl methyl sites for hydroxylation is 2. The summed E-state index contributed by atoms with van der Waals surface area (Å²) >= 11 is 0. The van der Waals surface area contributed by atoms with E-state index in [9.17, 15) is 0 Å². The molecule has 0 bridgehead atoms. The van der Waals surface area contributed by atoms with Crippen LogP contribution in [-0.2, 0) is 10.8 Å². The smallest absolute Gasteiger partial charge is 0.154 e. The van der Waals surface area contributed by atoms with Crippen LogP contribution in [0.25, 0.3) is 10.9 Å². The van der Waals surface area contributed by atoms with Crippen molar-refractivity contribution >= 4 is 22.3 Å². The molecular formula is C25H30N2O. The predicted molar refractivity (Wildman–Crippen MR) is 118 cm³/mol. The molecule has 2 heterocycles. The number of aromatic nitrogens is 1. The fraction of sp³-hybridized carbons (Fsp3) is 0.400. The Morgan fingerprint density at radius 2 is 1.57 bits per heavy atom. The maximum atomic E-state index is 6.63. The van der Waals surface area contributed by atoms with Gasteiger partial charge in [-0.1, -0.05) is 53.7 Å². The topological polar surface area (TPSA) is 34.2 Å². The summed E-state index contributed by atoms with van der Waals surface area (Å²) in [5.74, 6) is 1.79. The van der Waals surface area contributed by atoms with Gasteiger partial charge in [-0.3, -0.25) is 4.98 Å². The number of anilines is 2. The Labute approximate surface area is 168 Å². The Morgan fingerprint density at radius 3 is 2.21 bits per heavy atom. The number of pyridine rings is 1. The number of hydrogen-bond acceptors (Lipinski definition) is 3. The zero-order chi connectivity index (χ0) is 20.4. The Balaban J connectivity index is 2.06. The fourth-order valence-corrected chi connectivity index (χ4v) is 3.82. The highest BCUT2D eigenvalue weighted by atomic mass is 16.5. The first-order valence-electron chi connectivity index (χ1n) is 10.00. The first kappa shape index (κ1) is 18.8. The van der Waals surface area contributed by atoms with Crippen molar-refractivity contribution in [3.05, 3.63) is 52.7 Å². The number of fused-ring (bicyclic) bond motifs is 1. The number of hydrogen-bond donors (Lipinski definition) is 1. The number of nitrogens with one attached hydrogen (secondary N) is 1. The largest absolute Gasteiger partial charge is 0.454 e. The van der Waals surface area contributed by atoms with Crippen LogP contribution in [0.15, 0.2) is 30.3 Å². The SMILES string of the molecule is Cc1cc2c3c(ccc(C)c3n1)Nc1cc(C(C)(C)C)cc(C(C)(C)C)c1O2. The third-order valence-electron chi connectivity index (χ3n) is 5.50. The Kier molecular flexibility index (Phi) is 4.01. The third-order valence-corrected chi connectivity index (χ3v) is 5.50. The maximum absolute atomic E-state index is 6.63. The summed E-state index contributed by atoms with van der Waals surface area (Å²) in [7, 11) is 0. The van der Waals surface area contributed by atoms with Crippen LogP contribution in [-0.4, -0.2) is 4.98 Å². The molecule has 0 saturated heterocycles. The molecule has 4 rings (SSSR count). The van der Waals surface area contributed by atoms with Crippen molar-refractivity contribution < 1.29 is 4.74 Å². The Bertz CT molecular complexity index is 1100. The maximum Gasteiger partial charge on any atom is 0.154 e. The molecule has 0 fully saturated rings. The lowest BCUT2D eigenvalue weighted by molar-refractivity contribution is 0.460. The molecule has 3 aromatic rings. The van der Waals surface area contributed by atoms with E-state index in [-0.39, 0.29) is 10.8 Å². The summed E-state index contributed by atoms with van der Waals surface area (Å²) in [6.07, 6.45) is 0. The van der Waals surface area contributed by atoms with Gasteiger partial charge in [0.2, 0.25) is 0 Å². The summed E-state index contributed by atoms with van der Waals surface area (Å²) in [6, 6.07) is 10.9. The molecule has 1 aliphatic rings. The molecule has 0 saturated carbocycles. The van der Waals surface area contributed by atoms with Crippen molar-refractivity contribution in [2.24, 2.45) is 0 Å². The minimum absolute atomic E-state index is 0.0410. The van der Waals surface area contributed by atoms with Crippen molar-refractivity contribution in [2.45, 2.75) is 66.2 Å². The van der Waals surface area contributed by atoms with Crippen LogP contribution in [0, 0.1) is 13.8 Å². The van der Waals surface area contributed by atoms with Crippen LogP contribution >= 0.6 is 0 Å². The van der Waals surface area contributed by atoms with Gasteiger partial charge in [0.15, 0.2) is 5.75 Å². The van der Waals surface area contributed by atoms with Crippen molar-refractivity contribution in [2.75, 3.05) is 5.32 Å². The first-order chi connectivity index (χ1) is 12.9. The lowest BCUT2D eigenvalue weighted by Gasteiger charge is -2.28. The van der Waals surface area contributed by atoms with E-state index in [1.807, 2.05) is 13.0 Å². The summed E-state index contributed by atoms with van der Waals surface area (Å²) in [4.78, 5) is 4.79. The van der Waals surface area contributed by atoms with Crippen LogP contribution in [0.1, 0.15) is 63.9 Å². The zero-order valence-electron chi connectivity index (χ0n) is 18.2. The predicted octanol–water partition coefficient (Wildman–Crippen LogP) is 7.30. The van der Waals surface area contributed by atoms with Gasteiger partial charge in [0.25, 0.3) is 0 Å². The van der Waals surface area contributed by atoms with E-state index < -0.39 is 0 Å². The van der Waals surface area contributed by atoms with Gasteiger partial charge in [-0.05, 0) is 47.9 Å². The average Bonchev–Trinajstić information content (AvgIpc) is 2.71. The first-order valence-corrected chi connectivity index (χ1v) is 10.00. The molecule has 0 atom stereocenters. The van der Waals surface area contributed by atoms with Gasteiger partial charge in [-0.15, -0.1) is 0 Å². The molecule has 2 aromatic carbocycles. The molecule has 3 heteroatoms. The molecule has 1 aromatic heterocycles. The van der Waals surface area contributed by atoms with Gasteiger partial charge in [0.05, 0.1) is 22.3 Å². The lowest BCUT2D eigenvalue weighted by Crippen LogP contribution is -2.18. The number of ether oxygens (including phenoxy) is 1. The highest BCUT2D eigenvalue weighted by molar-refractivity contribution is 6.01. The van der Waals surface area contributed by atoms with E-state index in [1.54, 1.807) is 0 Å². The van der Waals surface area contributed by atoms with Crippen molar-refractivity contribution in [3.63, 3.8) is 0 Å². The summed E-state index contributed by atoms with van der Waals surface area (Å²) in [5.41, 5.74) is 7.73. The normalized spacial score (nSPS) is 13.6. The van der Waals surface area contributed by atoms with E-state index in [0.717, 1.165) is 45.0 Å². The minimum atomic E-state index is -0.0410. The zero-order valence-corrected chi connectivity index (χ0v) is 18.2. The monoisotopic (exact) mass is 374 g/mol. The van der Waals surface area contributed by atoms with Crippen molar-refractivity contribution in [1.29, 1.82) is 0 Å². The second-order valence-electron chi connectivity index (χ2n) is 10.0. The molecule has 1 N–H and O–H groups in total. The lowest BCUT2D eigenvalue weighted by atomic mass is 9.79. The highest BCUT2D eigenvalue weighted by Crippen LogP contribution is 2.49. The summed E-state index contributed by atoms with van der Waals surface area (Å²) in [5, 5.41) is 4.73. The Morgan fingerprint density at radius 1 is 0.857 bits per heavy atom. The fourth-order valence-electron chi connectivity index (χ4n) is 3.82. The second kappa shape index (κ2) is 5.97. The number of rotatable bonds is 0. The van der Waals surface area contributed by atoms with Gasteiger partial charge in [-0.25, -0.2) is 0 Å². The van der Waals surface area contributed by atoms with Gasteiger partial charge in [0.1, 0.15) is 5.75 Å². The van der Waals surface area contributed by atoms with Crippen LogP contribution in [0.2, 0.25) is 0 Å². The molecule has 0 unspecified atom stereocenters. The standard InChI is InChI=1S/C25H30N2O/c1-14-9-10-18-21-20(11-15(2)26-22(14)21)28-23-17(25(6,7)8)12-16(24(3,4)5)13-19(23)27-18/h9-13,27H,1-8H3. The van der Waals surface area contributed by atoms with Gasteiger partial charge >= 0.3 is 0 Å². The molecule has 0 radical (unpaired) electrons.